The number of aryl methyl sites for hydroxylation is 1. The number of non-ortho nitro benzene ring substituents is 2. The highest BCUT2D eigenvalue weighted by atomic mass is 16.6. The number of ketones is 1. The fourth-order valence-corrected chi connectivity index (χ4v) is 2.82. The molecule has 0 aliphatic rings. The van der Waals surface area contributed by atoms with Gasteiger partial charge in [-0.15, -0.1) is 0 Å². The quantitative estimate of drug-likeness (QED) is 0.339. The van der Waals surface area contributed by atoms with Crippen LogP contribution in [-0.4, -0.2) is 20.8 Å². The molecule has 0 fully saturated rings. The van der Waals surface area contributed by atoms with E-state index in [0.29, 0.717) is 17.1 Å². The van der Waals surface area contributed by atoms with Crippen molar-refractivity contribution in [3.8, 4) is 0 Å². The van der Waals surface area contributed by atoms with E-state index in [1.165, 1.54) is 42.5 Å². The van der Waals surface area contributed by atoms with Crippen LogP contribution in [0.15, 0.2) is 59.1 Å². The van der Waals surface area contributed by atoms with E-state index < -0.39 is 15.9 Å². The van der Waals surface area contributed by atoms with Crippen LogP contribution >= 0.6 is 0 Å². The second-order valence-corrected chi connectivity index (χ2v) is 6.31. The van der Waals surface area contributed by atoms with Crippen LogP contribution in [0.5, 0.6) is 0 Å². The van der Waals surface area contributed by atoms with Gasteiger partial charge in [0.1, 0.15) is 5.76 Å². The molecule has 0 saturated heterocycles. The van der Waals surface area contributed by atoms with E-state index in [1.54, 1.807) is 19.1 Å². The van der Waals surface area contributed by atoms with E-state index in [4.69, 9.17) is 4.52 Å². The Bertz CT molecular complexity index is 1080. The molecule has 0 bridgehead atoms. The predicted molar refractivity (Wildman–Crippen MR) is 103 cm³/mol. The van der Waals surface area contributed by atoms with Crippen LogP contribution in [0, 0.1) is 27.2 Å². The third-order valence-electron chi connectivity index (χ3n) is 4.20. The maximum absolute atomic E-state index is 12.8. The lowest BCUT2D eigenvalue weighted by Gasteiger charge is -2.18. The fraction of sp³-hybridized carbons (Fsp3) is 0.158. The van der Waals surface area contributed by atoms with Crippen LogP contribution in [0.25, 0.3) is 0 Å². The van der Waals surface area contributed by atoms with Crippen molar-refractivity contribution in [1.29, 1.82) is 0 Å². The van der Waals surface area contributed by atoms with Crippen molar-refractivity contribution in [1.82, 2.24) is 5.16 Å². The maximum Gasteiger partial charge on any atom is 0.270 e. The van der Waals surface area contributed by atoms with Gasteiger partial charge in [-0.3, -0.25) is 25.0 Å². The van der Waals surface area contributed by atoms with Crippen molar-refractivity contribution < 1.29 is 19.2 Å². The first-order valence-electron chi connectivity index (χ1n) is 8.55. The topological polar surface area (TPSA) is 141 Å². The van der Waals surface area contributed by atoms with Gasteiger partial charge < -0.3 is 9.84 Å². The molecule has 10 heteroatoms. The zero-order chi connectivity index (χ0) is 21.0. The number of hydrogen-bond donors (Lipinski definition) is 1. The average molecular weight is 396 g/mol. The maximum atomic E-state index is 12.8. The summed E-state index contributed by atoms with van der Waals surface area (Å²) in [6.45, 7) is 1.70. The number of nitrogens with one attached hydrogen (secondary N) is 1. The molecule has 10 nitrogen and oxygen atoms in total. The number of carbonyl (C=O) groups excluding carboxylic acids is 1. The molecule has 0 aliphatic carbocycles. The molecule has 1 aromatic heterocycles. The number of nitro groups is 2. The average Bonchev–Trinajstić information content (AvgIpc) is 3.12. The lowest BCUT2D eigenvalue weighted by atomic mass is 9.97. The summed E-state index contributed by atoms with van der Waals surface area (Å²) in [5.74, 6) is 0.555. The van der Waals surface area contributed by atoms with Crippen LogP contribution in [0.1, 0.15) is 34.1 Å². The number of carbonyl (C=O) groups is 1. The summed E-state index contributed by atoms with van der Waals surface area (Å²) >= 11 is 0. The number of hydrogen-bond acceptors (Lipinski definition) is 8. The first kappa shape index (κ1) is 19.7. The molecular weight excluding hydrogens is 380 g/mol. The highest BCUT2D eigenvalue weighted by Crippen LogP contribution is 2.27. The second-order valence-electron chi connectivity index (χ2n) is 6.31. The molecule has 0 aliphatic heterocycles. The Morgan fingerprint density at radius 1 is 1.07 bits per heavy atom. The van der Waals surface area contributed by atoms with Crippen LogP contribution < -0.4 is 5.32 Å². The minimum Gasteiger partial charge on any atom is -0.360 e. The van der Waals surface area contributed by atoms with Gasteiger partial charge in [0.2, 0.25) is 0 Å². The van der Waals surface area contributed by atoms with E-state index >= 15 is 0 Å². The van der Waals surface area contributed by atoms with Gasteiger partial charge in [-0.05, 0) is 12.5 Å². The summed E-state index contributed by atoms with van der Waals surface area (Å²) in [4.78, 5) is 33.7. The molecule has 1 atom stereocenters. The minimum atomic E-state index is -0.661. The first-order valence-corrected chi connectivity index (χ1v) is 8.55. The number of Topliss-reactive ketones (excluding diaryl/α,β-unsaturated/α-hetero) is 1. The fourth-order valence-electron chi connectivity index (χ4n) is 2.82. The van der Waals surface area contributed by atoms with Crippen LogP contribution in [0.4, 0.5) is 17.2 Å². The lowest BCUT2D eigenvalue weighted by molar-refractivity contribution is -0.385. The summed E-state index contributed by atoms with van der Waals surface area (Å²) in [7, 11) is 0. The monoisotopic (exact) mass is 396 g/mol. The minimum absolute atomic E-state index is 0.103. The van der Waals surface area contributed by atoms with Gasteiger partial charge in [0.15, 0.2) is 11.6 Å². The number of nitro benzene ring substituents is 2. The van der Waals surface area contributed by atoms with Gasteiger partial charge in [0.25, 0.3) is 11.4 Å². The standard InChI is InChI=1S/C19H16N4O6/c1-12-8-19(21-29-12)20-17(13-4-2-6-15(9-13)22(25)26)11-18(24)14-5-3-7-16(10-14)23(27)28/h2-10,17H,11H2,1H3,(H,20,21). The summed E-state index contributed by atoms with van der Waals surface area (Å²) < 4.78 is 5.01. The molecule has 3 rings (SSSR count). The Labute approximate surface area is 164 Å². The number of benzene rings is 2. The molecule has 2 aromatic carbocycles. The largest absolute Gasteiger partial charge is 0.360 e. The van der Waals surface area contributed by atoms with Gasteiger partial charge in [0.05, 0.1) is 15.9 Å². The predicted octanol–water partition coefficient (Wildman–Crippen LogP) is 4.23. The number of rotatable bonds is 8. The van der Waals surface area contributed by atoms with Crippen molar-refractivity contribution >= 4 is 23.0 Å². The molecular formula is C19H16N4O6. The summed E-state index contributed by atoms with van der Waals surface area (Å²) in [5, 5.41) is 28.9. The first-order chi connectivity index (χ1) is 13.8. The third kappa shape index (κ3) is 4.80. The Morgan fingerprint density at radius 3 is 2.34 bits per heavy atom. The molecule has 0 spiro atoms. The van der Waals surface area contributed by atoms with Gasteiger partial charge >= 0.3 is 0 Å². The Balaban J connectivity index is 1.91. The second kappa shape index (κ2) is 8.30. The summed E-state index contributed by atoms with van der Waals surface area (Å²) in [6, 6.07) is 12.3. The van der Waals surface area contributed by atoms with Crippen LogP contribution in [-0.2, 0) is 0 Å². The zero-order valence-corrected chi connectivity index (χ0v) is 15.3. The van der Waals surface area contributed by atoms with E-state index in [9.17, 15) is 25.0 Å². The van der Waals surface area contributed by atoms with E-state index in [1.807, 2.05) is 0 Å². The molecule has 3 aromatic rings. The van der Waals surface area contributed by atoms with Crippen molar-refractivity contribution in [2.45, 2.75) is 19.4 Å². The molecule has 1 N–H and O–H groups in total. The third-order valence-corrected chi connectivity index (χ3v) is 4.20. The van der Waals surface area contributed by atoms with Crippen LogP contribution in [0.3, 0.4) is 0 Å². The van der Waals surface area contributed by atoms with Crippen LogP contribution in [0.2, 0.25) is 0 Å². The van der Waals surface area contributed by atoms with Gasteiger partial charge in [-0.2, -0.15) is 0 Å². The normalized spacial score (nSPS) is 11.6. The van der Waals surface area contributed by atoms with Crippen molar-refractivity contribution in [2.75, 3.05) is 5.32 Å². The molecule has 29 heavy (non-hydrogen) atoms. The number of nitrogens with zero attached hydrogens (tertiary/aromatic N) is 3. The van der Waals surface area contributed by atoms with E-state index in [-0.39, 0.29) is 29.1 Å². The molecule has 0 amide bonds. The van der Waals surface area contributed by atoms with Gasteiger partial charge in [0, 0.05) is 42.3 Å². The Kier molecular flexibility index (Phi) is 5.63. The number of anilines is 1. The lowest BCUT2D eigenvalue weighted by Crippen LogP contribution is -2.16. The number of aromatic nitrogens is 1. The molecule has 0 saturated carbocycles. The highest BCUT2D eigenvalue weighted by molar-refractivity contribution is 5.97. The SMILES string of the molecule is Cc1cc(NC(CC(=O)c2cccc([N+](=O)[O-])c2)c2cccc([N+](=O)[O-])c2)no1. The molecule has 0 radical (unpaired) electrons. The van der Waals surface area contributed by atoms with E-state index in [0.717, 1.165) is 0 Å². The van der Waals surface area contributed by atoms with Gasteiger partial charge in [-0.25, -0.2) is 0 Å². The van der Waals surface area contributed by atoms with Crippen molar-refractivity contribution in [2.24, 2.45) is 0 Å². The smallest absolute Gasteiger partial charge is 0.270 e. The zero-order valence-electron chi connectivity index (χ0n) is 15.3. The van der Waals surface area contributed by atoms with E-state index in [2.05, 4.69) is 10.5 Å². The molecule has 1 unspecified atom stereocenters. The highest BCUT2D eigenvalue weighted by Gasteiger charge is 2.21. The summed E-state index contributed by atoms with van der Waals surface area (Å²) in [5.41, 5.74) is 0.364. The molecule has 1 heterocycles. The Morgan fingerprint density at radius 2 is 1.72 bits per heavy atom. The molecule has 148 valence electrons. The van der Waals surface area contributed by atoms with Crippen molar-refractivity contribution in [3.05, 3.63) is 91.7 Å². The van der Waals surface area contributed by atoms with Gasteiger partial charge in [-0.1, -0.05) is 29.4 Å². The van der Waals surface area contributed by atoms with Crippen molar-refractivity contribution in [3.63, 3.8) is 0 Å². The Hall–Kier alpha value is -4.08. The summed E-state index contributed by atoms with van der Waals surface area (Å²) in [6.07, 6.45) is -0.103.